The molecule has 7 atom stereocenters. The quantitative estimate of drug-likeness (QED) is 0.692. The lowest BCUT2D eigenvalue weighted by Crippen LogP contribution is -2.61. The van der Waals surface area contributed by atoms with Crippen molar-refractivity contribution in [3.05, 3.63) is 36.0 Å². The van der Waals surface area contributed by atoms with Crippen LogP contribution in [0.1, 0.15) is 33.1 Å². The van der Waals surface area contributed by atoms with Gasteiger partial charge >= 0.3 is 0 Å². The number of fused-ring (bicyclic) bond motifs is 5. The minimum atomic E-state index is -1.60. The zero-order valence-corrected chi connectivity index (χ0v) is 15.2. The maximum Gasteiger partial charge on any atom is 0.190 e. The highest BCUT2D eigenvalue weighted by atomic mass is 16.3. The number of carbonyl (C=O) groups excluding carboxylic acids is 2. The van der Waals surface area contributed by atoms with Crippen LogP contribution < -0.4 is 0 Å². The minimum absolute atomic E-state index is 0.00395. The SMILES string of the molecule is CC12C=CC(=O)C=C1C=CC1C2C(O)CC2(C)C1CCC2(O)C(=O)CO. The summed E-state index contributed by atoms with van der Waals surface area (Å²) in [4.78, 5) is 24.1. The Bertz CT molecular complexity index is 764. The molecule has 4 rings (SSSR count). The molecule has 26 heavy (non-hydrogen) atoms. The van der Waals surface area contributed by atoms with E-state index in [1.54, 1.807) is 12.2 Å². The molecule has 0 aromatic carbocycles. The lowest BCUT2D eigenvalue weighted by atomic mass is 9.48. The second kappa shape index (κ2) is 5.47. The number of rotatable bonds is 2. The highest BCUT2D eigenvalue weighted by Crippen LogP contribution is 2.65. The zero-order chi connectivity index (χ0) is 18.9. The van der Waals surface area contributed by atoms with Gasteiger partial charge in [-0.1, -0.05) is 32.1 Å². The number of allylic oxidation sites excluding steroid dienone is 6. The number of ketones is 2. The van der Waals surface area contributed by atoms with Crippen molar-refractivity contribution >= 4 is 11.6 Å². The molecule has 0 aromatic rings. The van der Waals surface area contributed by atoms with Crippen molar-refractivity contribution in [1.29, 1.82) is 0 Å². The monoisotopic (exact) mass is 358 g/mol. The Morgan fingerprint density at radius 1 is 1.31 bits per heavy atom. The van der Waals surface area contributed by atoms with E-state index in [2.05, 4.69) is 6.92 Å². The predicted molar refractivity (Wildman–Crippen MR) is 95.0 cm³/mol. The topological polar surface area (TPSA) is 94.8 Å². The van der Waals surface area contributed by atoms with Gasteiger partial charge < -0.3 is 15.3 Å². The largest absolute Gasteiger partial charge is 0.393 e. The van der Waals surface area contributed by atoms with Crippen molar-refractivity contribution in [1.82, 2.24) is 0 Å². The van der Waals surface area contributed by atoms with E-state index in [4.69, 9.17) is 0 Å². The van der Waals surface area contributed by atoms with Crippen molar-refractivity contribution < 1.29 is 24.9 Å². The van der Waals surface area contributed by atoms with E-state index in [-0.39, 0.29) is 23.5 Å². The van der Waals surface area contributed by atoms with Gasteiger partial charge in [0, 0.05) is 16.7 Å². The Hall–Kier alpha value is -1.56. The summed E-state index contributed by atoms with van der Waals surface area (Å²) in [5.41, 5.74) is -1.89. The maximum absolute atomic E-state index is 12.3. The van der Waals surface area contributed by atoms with Crippen molar-refractivity contribution in [2.45, 2.75) is 44.8 Å². The van der Waals surface area contributed by atoms with Gasteiger partial charge in [-0.15, -0.1) is 0 Å². The molecular formula is C21H26O5. The lowest BCUT2D eigenvalue weighted by molar-refractivity contribution is -0.172. The summed E-state index contributed by atoms with van der Waals surface area (Å²) in [6, 6.07) is 0. The van der Waals surface area contributed by atoms with E-state index in [1.807, 2.05) is 25.2 Å². The molecule has 5 nitrogen and oxygen atoms in total. The normalized spacial score (nSPS) is 49.3. The van der Waals surface area contributed by atoms with Gasteiger partial charge in [0.1, 0.15) is 12.2 Å². The Morgan fingerprint density at radius 2 is 2.04 bits per heavy atom. The Morgan fingerprint density at radius 3 is 2.73 bits per heavy atom. The van der Waals surface area contributed by atoms with Crippen molar-refractivity contribution in [3.63, 3.8) is 0 Å². The summed E-state index contributed by atoms with van der Waals surface area (Å²) >= 11 is 0. The second-order valence-electron chi connectivity index (χ2n) is 8.86. The van der Waals surface area contributed by atoms with Gasteiger partial charge in [0.25, 0.3) is 0 Å². The number of hydrogen-bond donors (Lipinski definition) is 3. The molecule has 0 radical (unpaired) electrons. The van der Waals surface area contributed by atoms with Crippen LogP contribution >= 0.6 is 0 Å². The van der Waals surface area contributed by atoms with Gasteiger partial charge in [0.05, 0.1) is 6.10 Å². The van der Waals surface area contributed by atoms with E-state index in [0.717, 1.165) is 5.57 Å². The zero-order valence-electron chi connectivity index (χ0n) is 15.2. The first kappa shape index (κ1) is 17.8. The molecule has 4 aliphatic carbocycles. The van der Waals surface area contributed by atoms with Crippen LogP contribution in [0.2, 0.25) is 0 Å². The molecule has 0 aromatic heterocycles. The third-order valence-electron chi connectivity index (χ3n) is 7.82. The highest BCUT2D eigenvalue weighted by Gasteiger charge is 2.67. The number of carbonyl (C=O) groups is 2. The first-order valence-corrected chi connectivity index (χ1v) is 9.35. The number of aliphatic hydroxyl groups is 3. The molecular weight excluding hydrogens is 332 g/mol. The van der Waals surface area contributed by atoms with Crippen LogP contribution in [0.4, 0.5) is 0 Å². The molecule has 4 aliphatic rings. The summed E-state index contributed by atoms with van der Waals surface area (Å²) < 4.78 is 0. The molecule has 0 saturated heterocycles. The minimum Gasteiger partial charge on any atom is -0.393 e. The van der Waals surface area contributed by atoms with E-state index in [1.165, 1.54) is 0 Å². The van der Waals surface area contributed by atoms with E-state index in [0.29, 0.717) is 19.3 Å². The number of aliphatic hydroxyl groups excluding tert-OH is 2. The third kappa shape index (κ3) is 2.02. The molecule has 5 heteroatoms. The molecule has 2 fully saturated rings. The van der Waals surface area contributed by atoms with Crippen LogP contribution in [0.3, 0.4) is 0 Å². The van der Waals surface area contributed by atoms with Gasteiger partial charge in [-0.25, -0.2) is 0 Å². The molecule has 0 heterocycles. The van der Waals surface area contributed by atoms with Gasteiger partial charge in [0.15, 0.2) is 11.6 Å². The van der Waals surface area contributed by atoms with Gasteiger partial charge in [-0.05, 0) is 48.8 Å². The van der Waals surface area contributed by atoms with Crippen LogP contribution in [0.25, 0.3) is 0 Å². The van der Waals surface area contributed by atoms with Crippen molar-refractivity contribution in [2.24, 2.45) is 28.6 Å². The van der Waals surface area contributed by atoms with Crippen LogP contribution in [0.15, 0.2) is 36.0 Å². The van der Waals surface area contributed by atoms with Gasteiger partial charge in [-0.3, -0.25) is 9.59 Å². The van der Waals surface area contributed by atoms with E-state index >= 15 is 0 Å². The van der Waals surface area contributed by atoms with Crippen LogP contribution in [0.5, 0.6) is 0 Å². The smallest absolute Gasteiger partial charge is 0.190 e. The van der Waals surface area contributed by atoms with Gasteiger partial charge in [-0.2, -0.15) is 0 Å². The third-order valence-corrected chi connectivity index (χ3v) is 7.82. The molecule has 0 amide bonds. The fourth-order valence-corrected chi connectivity index (χ4v) is 6.38. The fraction of sp³-hybridized carbons (Fsp3) is 0.619. The lowest BCUT2D eigenvalue weighted by Gasteiger charge is -2.57. The fourth-order valence-electron chi connectivity index (χ4n) is 6.38. The number of hydrogen-bond acceptors (Lipinski definition) is 5. The molecule has 140 valence electrons. The summed E-state index contributed by atoms with van der Waals surface area (Å²) in [7, 11) is 0. The average molecular weight is 358 g/mol. The van der Waals surface area contributed by atoms with Crippen molar-refractivity contribution in [3.8, 4) is 0 Å². The van der Waals surface area contributed by atoms with Crippen molar-refractivity contribution in [2.75, 3.05) is 6.61 Å². The van der Waals surface area contributed by atoms with E-state index in [9.17, 15) is 24.9 Å². The summed E-state index contributed by atoms with van der Waals surface area (Å²) in [6.45, 7) is 3.24. The Kier molecular flexibility index (Phi) is 3.75. The van der Waals surface area contributed by atoms with Crippen LogP contribution in [0, 0.1) is 28.6 Å². The molecule has 0 spiro atoms. The second-order valence-corrected chi connectivity index (χ2v) is 8.86. The summed E-state index contributed by atoms with van der Waals surface area (Å²) in [6.07, 6.45) is 9.69. The summed E-state index contributed by atoms with van der Waals surface area (Å²) in [5, 5.41) is 31.6. The Labute approximate surface area is 153 Å². The van der Waals surface area contributed by atoms with Gasteiger partial charge in [0.2, 0.25) is 0 Å². The molecule has 0 aliphatic heterocycles. The first-order chi connectivity index (χ1) is 12.2. The summed E-state index contributed by atoms with van der Waals surface area (Å²) in [5.74, 6) is -0.656. The molecule has 7 unspecified atom stereocenters. The molecule has 2 saturated carbocycles. The highest BCUT2D eigenvalue weighted by molar-refractivity contribution is 6.01. The van der Waals surface area contributed by atoms with E-state index < -0.39 is 34.9 Å². The Balaban J connectivity index is 1.80. The predicted octanol–water partition coefficient (Wildman–Crippen LogP) is 1.33. The molecule has 3 N–H and O–H groups in total. The maximum atomic E-state index is 12.3. The molecule has 0 bridgehead atoms. The standard InChI is InChI=1S/C21H26O5/c1-19-7-5-13(23)9-12(19)3-4-14-15-6-8-21(26,17(25)11-22)20(15,2)10-16(24)18(14)19/h3-5,7,9,14-16,18,22,24,26H,6,8,10-11H2,1-2H3. The average Bonchev–Trinajstić information content (AvgIpc) is 2.86. The first-order valence-electron chi connectivity index (χ1n) is 9.35. The van der Waals surface area contributed by atoms with Crippen LogP contribution in [-0.4, -0.2) is 45.2 Å². The van der Waals surface area contributed by atoms with Crippen LogP contribution in [-0.2, 0) is 9.59 Å². The number of Topliss-reactive ketones (excluding diaryl/α,β-unsaturated/α-hetero) is 1.